The minimum atomic E-state index is -0.214. The van der Waals surface area contributed by atoms with Gasteiger partial charge >= 0.3 is 0 Å². The monoisotopic (exact) mass is 309 g/mol. The van der Waals surface area contributed by atoms with Crippen molar-refractivity contribution in [3.05, 3.63) is 41.9 Å². The molecule has 0 spiro atoms. The molecule has 3 rings (SSSR count). The second-order valence-corrected chi connectivity index (χ2v) is 5.62. The van der Waals surface area contributed by atoms with E-state index >= 15 is 0 Å². The van der Waals surface area contributed by atoms with E-state index in [1.807, 2.05) is 18.3 Å². The summed E-state index contributed by atoms with van der Waals surface area (Å²) in [5.74, 6) is -0.214. The molecule has 0 radical (unpaired) electrons. The average molecular weight is 309 g/mol. The number of carbonyl (C=O) groups is 1. The van der Waals surface area contributed by atoms with Crippen molar-refractivity contribution in [1.29, 1.82) is 0 Å². The minimum Gasteiger partial charge on any atom is -0.397 e. The highest BCUT2D eigenvalue weighted by atomic mass is 16.2. The van der Waals surface area contributed by atoms with Gasteiger partial charge in [0.1, 0.15) is 5.65 Å². The molecule has 23 heavy (non-hydrogen) atoms. The second kappa shape index (κ2) is 5.72. The average Bonchev–Trinajstić information content (AvgIpc) is 2.96. The molecular weight excluding hydrogens is 290 g/mol. The van der Waals surface area contributed by atoms with Crippen LogP contribution in [0.15, 0.2) is 30.6 Å². The maximum Gasteiger partial charge on any atom is 0.274 e. The highest BCUT2D eigenvalue weighted by molar-refractivity contribution is 5.97. The van der Waals surface area contributed by atoms with Gasteiger partial charge in [0.25, 0.3) is 5.91 Å². The van der Waals surface area contributed by atoms with Crippen molar-refractivity contribution in [1.82, 2.24) is 19.9 Å². The number of hydrogen-bond donors (Lipinski definition) is 2. The topological polar surface area (TPSA) is 87.9 Å². The van der Waals surface area contributed by atoms with Crippen molar-refractivity contribution in [2.24, 2.45) is 0 Å². The predicted molar refractivity (Wildman–Crippen MR) is 91.1 cm³/mol. The van der Waals surface area contributed by atoms with E-state index in [0.29, 0.717) is 11.4 Å². The van der Waals surface area contributed by atoms with Crippen LogP contribution in [0.2, 0.25) is 0 Å². The van der Waals surface area contributed by atoms with Gasteiger partial charge in [-0.2, -0.15) is 0 Å². The molecule has 3 heterocycles. The molecule has 1 amide bonds. The van der Waals surface area contributed by atoms with Gasteiger partial charge in [0, 0.05) is 37.4 Å². The third kappa shape index (κ3) is 2.63. The van der Waals surface area contributed by atoms with Crippen molar-refractivity contribution in [3.8, 4) is 11.3 Å². The number of carbonyl (C=O) groups excluding carboxylic acids is 1. The van der Waals surface area contributed by atoms with E-state index in [0.717, 1.165) is 23.0 Å². The minimum absolute atomic E-state index is 0.214. The Morgan fingerprint density at radius 2 is 2.13 bits per heavy atom. The van der Waals surface area contributed by atoms with Crippen LogP contribution in [0.4, 0.5) is 5.69 Å². The van der Waals surface area contributed by atoms with E-state index < -0.39 is 0 Å². The van der Waals surface area contributed by atoms with Gasteiger partial charge in [-0.05, 0) is 30.2 Å². The number of H-pyrrole nitrogens is 1. The van der Waals surface area contributed by atoms with Gasteiger partial charge in [0.15, 0.2) is 5.69 Å². The van der Waals surface area contributed by atoms with Crippen LogP contribution >= 0.6 is 0 Å². The number of hydrogen-bond acceptors (Lipinski definition) is 4. The number of nitrogens with zero attached hydrogens (tertiary/aromatic N) is 3. The summed E-state index contributed by atoms with van der Waals surface area (Å²) in [7, 11) is 3.36. The fraction of sp³-hybridized carbons (Fsp3) is 0.235. The number of aryl methyl sites for hydroxylation is 1. The van der Waals surface area contributed by atoms with Crippen molar-refractivity contribution in [2.75, 3.05) is 19.8 Å². The molecule has 0 bridgehead atoms. The second-order valence-electron chi connectivity index (χ2n) is 5.62. The highest BCUT2D eigenvalue weighted by Crippen LogP contribution is 2.25. The molecular formula is C17H19N5O. The zero-order chi connectivity index (χ0) is 16.6. The molecule has 118 valence electrons. The molecule has 0 fully saturated rings. The summed E-state index contributed by atoms with van der Waals surface area (Å²) in [5, 5.41) is 1.07. The summed E-state index contributed by atoms with van der Waals surface area (Å²) < 4.78 is 0. The van der Waals surface area contributed by atoms with Crippen molar-refractivity contribution in [2.45, 2.75) is 13.3 Å². The van der Waals surface area contributed by atoms with E-state index in [1.54, 1.807) is 26.4 Å². The quantitative estimate of drug-likeness (QED) is 0.778. The number of nitrogens with one attached hydrogen (secondary N) is 1. The first-order chi connectivity index (χ1) is 11.0. The van der Waals surface area contributed by atoms with Crippen molar-refractivity contribution in [3.63, 3.8) is 0 Å². The van der Waals surface area contributed by atoms with Gasteiger partial charge in [-0.25, -0.2) is 9.97 Å². The van der Waals surface area contributed by atoms with Crippen LogP contribution in [0.5, 0.6) is 0 Å². The first-order valence-electron chi connectivity index (χ1n) is 7.45. The third-order valence-electron chi connectivity index (χ3n) is 3.83. The van der Waals surface area contributed by atoms with Gasteiger partial charge in [-0.1, -0.05) is 6.92 Å². The molecule has 0 saturated heterocycles. The summed E-state index contributed by atoms with van der Waals surface area (Å²) >= 11 is 0. The molecule has 0 saturated carbocycles. The Bertz CT molecular complexity index is 882. The van der Waals surface area contributed by atoms with Crippen molar-refractivity contribution < 1.29 is 4.79 Å². The molecule has 0 aliphatic carbocycles. The molecule has 3 aromatic rings. The fourth-order valence-corrected chi connectivity index (χ4v) is 2.50. The normalized spacial score (nSPS) is 10.9. The van der Waals surface area contributed by atoms with Crippen LogP contribution in [0.25, 0.3) is 22.3 Å². The van der Waals surface area contributed by atoms with Gasteiger partial charge in [0.2, 0.25) is 0 Å². The van der Waals surface area contributed by atoms with Gasteiger partial charge in [-0.3, -0.25) is 4.79 Å². The van der Waals surface area contributed by atoms with Crippen LogP contribution in [0, 0.1) is 0 Å². The zero-order valence-electron chi connectivity index (χ0n) is 13.4. The molecule has 3 aromatic heterocycles. The smallest absolute Gasteiger partial charge is 0.274 e. The highest BCUT2D eigenvalue weighted by Gasteiger charge is 2.15. The van der Waals surface area contributed by atoms with E-state index in [2.05, 4.69) is 21.9 Å². The lowest BCUT2D eigenvalue weighted by atomic mass is 10.1. The van der Waals surface area contributed by atoms with Crippen molar-refractivity contribution >= 4 is 22.6 Å². The summed E-state index contributed by atoms with van der Waals surface area (Å²) in [5.41, 5.74) is 10.1. The van der Waals surface area contributed by atoms with E-state index in [-0.39, 0.29) is 11.6 Å². The SMILES string of the molecule is CCc1c[nH]c2ncc(-c3ccc(N)c(C(=O)N(C)C)n3)cc12. The van der Waals surface area contributed by atoms with Crippen LogP contribution in [0.1, 0.15) is 23.0 Å². The largest absolute Gasteiger partial charge is 0.397 e. The van der Waals surface area contributed by atoms with Crippen LogP contribution in [-0.2, 0) is 6.42 Å². The van der Waals surface area contributed by atoms with Crippen LogP contribution < -0.4 is 5.73 Å². The number of aromatic amines is 1. The summed E-state index contributed by atoms with van der Waals surface area (Å²) in [4.78, 5) is 25.7. The van der Waals surface area contributed by atoms with Gasteiger partial charge in [0.05, 0.1) is 11.4 Å². The number of pyridine rings is 2. The number of anilines is 1. The number of fused-ring (bicyclic) bond motifs is 1. The zero-order valence-corrected chi connectivity index (χ0v) is 13.4. The molecule has 6 heteroatoms. The Balaban J connectivity index is 2.11. The van der Waals surface area contributed by atoms with Gasteiger partial charge < -0.3 is 15.6 Å². The molecule has 3 N–H and O–H groups in total. The molecule has 0 aliphatic rings. The maximum atomic E-state index is 12.2. The molecule has 0 unspecified atom stereocenters. The van der Waals surface area contributed by atoms with E-state index in [4.69, 9.17) is 5.73 Å². The van der Waals surface area contributed by atoms with Gasteiger partial charge in [-0.15, -0.1) is 0 Å². The van der Waals surface area contributed by atoms with E-state index in [9.17, 15) is 4.79 Å². The Morgan fingerprint density at radius 1 is 1.35 bits per heavy atom. The summed E-state index contributed by atoms with van der Waals surface area (Å²) in [6.07, 6.45) is 4.64. The summed E-state index contributed by atoms with van der Waals surface area (Å²) in [6, 6.07) is 5.56. The summed E-state index contributed by atoms with van der Waals surface area (Å²) in [6.45, 7) is 2.10. The first kappa shape index (κ1) is 15.0. The van der Waals surface area contributed by atoms with Crippen LogP contribution in [0.3, 0.4) is 0 Å². The predicted octanol–water partition coefficient (Wildman–Crippen LogP) is 2.47. The molecule has 6 nitrogen and oxygen atoms in total. The lowest BCUT2D eigenvalue weighted by Gasteiger charge is -2.12. The Kier molecular flexibility index (Phi) is 3.73. The maximum absolute atomic E-state index is 12.2. The standard InChI is InChI=1S/C17H19N5O/c1-4-10-8-19-16-12(10)7-11(9-20-16)14-6-5-13(18)15(21-14)17(23)22(2)3/h5-9H,4,18H2,1-3H3,(H,19,20). The Morgan fingerprint density at radius 3 is 2.83 bits per heavy atom. The number of nitrogen functional groups attached to an aromatic ring is 1. The lowest BCUT2D eigenvalue weighted by molar-refractivity contribution is 0.0823. The third-order valence-corrected chi connectivity index (χ3v) is 3.83. The fourth-order valence-electron chi connectivity index (χ4n) is 2.50. The van der Waals surface area contributed by atoms with Crippen LogP contribution in [-0.4, -0.2) is 39.9 Å². The lowest BCUT2D eigenvalue weighted by Crippen LogP contribution is -2.24. The number of amides is 1. The molecule has 0 aliphatic heterocycles. The molecule has 0 atom stereocenters. The Hall–Kier alpha value is -2.89. The first-order valence-corrected chi connectivity index (χ1v) is 7.45. The number of aromatic nitrogens is 3. The number of rotatable bonds is 3. The molecule has 0 aromatic carbocycles. The Labute approximate surface area is 134 Å². The number of nitrogens with two attached hydrogens (primary N) is 1. The van der Waals surface area contributed by atoms with E-state index in [1.165, 1.54) is 10.5 Å².